The summed E-state index contributed by atoms with van der Waals surface area (Å²) in [5.41, 5.74) is 1.72. The third-order valence-electron chi connectivity index (χ3n) is 9.34. The molecule has 2 N–H and O–H groups in total. The van der Waals surface area contributed by atoms with E-state index in [2.05, 4.69) is 32.4 Å². The second kappa shape index (κ2) is 14.1. The average molecular weight is 614 g/mol. The Morgan fingerprint density at radius 1 is 0.933 bits per heavy atom. The Labute approximate surface area is 265 Å². The average Bonchev–Trinajstić information content (AvgIpc) is 3.56. The summed E-state index contributed by atoms with van der Waals surface area (Å²) < 4.78 is 22.4. The SMILES string of the molecule is Cc1c2cc(F)c(NCCN3CCCC3)c1Oc1cc3ccccc3cc1C/C=C(/C(=O)NCCCN1CCN(C)CC1)C2=O. The number of nitrogens with zero attached hydrogens (tertiary/aromatic N) is 3. The molecule has 0 saturated carbocycles. The smallest absolute Gasteiger partial charge is 0.254 e. The van der Waals surface area contributed by atoms with E-state index in [4.69, 9.17) is 4.74 Å². The predicted molar refractivity (Wildman–Crippen MR) is 177 cm³/mol. The van der Waals surface area contributed by atoms with Gasteiger partial charge in [0.1, 0.15) is 11.4 Å². The van der Waals surface area contributed by atoms with Gasteiger partial charge in [-0.05, 0) is 93.8 Å². The molecule has 2 bridgehead atoms. The highest BCUT2D eigenvalue weighted by Gasteiger charge is 2.28. The Balaban J connectivity index is 1.29. The lowest BCUT2D eigenvalue weighted by molar-refractivity contribution is -0.117. The number of fused-ring (bicyclic) bond motifs is 4. The number of piperazine rings is 1. The minimum atomic E-state index is -0.574. The third kappa shape index (κ3) is 7.21. The van der Waals surface area contributed by atoms with Crippen LogP contribution in [0.5, 0.6) is 11.5 Å². The van der Waals surface area contributed by atoms with Crippen LogP contribution in [0.1, 0.15) is 40.7 Å². The van der Waals surface area contributed by atoms with Crippen molar-refractivity contribution in [1.82, 2.24) is 20.0 Å². The van der Waals surface area contributed by atoms with Crippen LogP contribution in [0.2, 0.25) is 0 Å². The number of hydrogen-bond donors (Lipinski definition) is 2. The summed E-state index contributed by atoms with van der Waals surface area (Å²) in [4.78, 5) is 34.6. The van der Waals surface area contributed by atoms with Gasteiger partial charge in [0.25, 0.3) is 5.91 Å². The Bertz CT molecular complexity index is 1590. The first-order valence-electron chi connectivity index (χ1n) is 16.3. The summed E-state index contributed by atoms with van der Waals surface area (Å²) >= 11 is 0. The van der Waals surface area contributed by atoms with Crippen molar-refractivity contribution in [2.24, 2.45) is 0 Å². The number of ketones is 1. The standard InChI is InChI=1S/C36H44FN5O3/c1-25-30-24-31(37)33(38-13-17-41-14-5-6-15-41)35(25)45-32-23-27-9-4-3-8-26(27)22-28(32)10-11-29(34(30)43)36(44)39-12-7-16-42-20-18-40(2)19-21-42/h3-4,8-9,11,22-24,38H,5-7,10,12-21H2,1-2H3,(H,39,44)/b29-11+. The topological polar surface area (TPSA) is 77.2 Å². The highest BCUT2D eigenvalue weighted by atomic mass is 19.1. The fraction of sp³-hybridized carbons (Fsp3) is 0.444. The van der Waals surface area contributed by atoms with Crippen molar-refractivity contribution in [3.63, 3.8) is 0 Å². The molecular weight excluding hydrogens is 569 g/mol. The number of anilines is 1. The lowest BCUT2D eigenvalue weighted by Crippen LogP contribution is -2.45. The van der Waals surface area contributed by atoms with Crippen molar-refractivity contribution >= 4 is 28.2 Å². The molecule has 3 aromatic carbocycles. The molecule has 0 atom stereocenters. The number of ether oxygens (including phenoxy) is 1. The summed E-state index contributed by atoms with van der Waals surface area (Å²) in [5.74, 6) is -0.647. The lowest BCUT2D eigenvalue weighted by atomic mass is 9.94. The van der Waals surface area contributed by atoms with E-state index in [0.29, 0.717) is 30.8 Å². The van der Waals surface area contributed by atoms with Crippen molar-refractivity contribution in [1.29, 1.82) is 0 Å². The molecule has 6 rings (SSSR count). The van der Waals surface area contributed by atoms with Crippen LogP contribution >= 0.6 is 0 Å². The molecule has 0 unspecified atom stereocenters. The summed E-state index contributed by atoms with van der Waals surface area (Å²) in [5, 5.41) is 8.25. The first kappa shape index (κ1) is 31.2. The van der Waals surface area contributed by atoms with E-state index in [9.17, 15) is 9.59 Å². The molecule has 3 aliphatic heterocycles. The summed E-state index contributed by atoms with van der Waals surface area (Å²) in [6.45, 7) is 10.7. The van der Waals surface area contributed by atoms with Gasteiger partial charge in [-0.1, -0.05) is 30.3 Å². The van der Waals surface area contributed by atoms with Gasteiger partial charge in [-0.25, -0.2) is 4.39 Å². The zero-order valence-electron chi connectivity index (χ0n) is 26.5. The third-order valence-corrected chi connectivity index (χ3v) is 9.34. The molecule has 45 heavy (non-hydrogen) atoms. The zero-order valence-corrected chi connectivity index (χ0v) is 26.5. The maximum absolute atomic E-state index is 15.9. The molecule has 3 aromatic rings. The van der Waals surface area contributed by atoms with Crippen LogP contribution in [0.3, 0.4) is 0 Å². The van der Waals surface area contributed by atoms with E-state index in [1.807, 2.05) is 36.4 Å². The van der Waals surface area contributed by atoms with Crippen molar-refractivity contribution in [3.8, 4) is 11.5 Å². The number of benzene rings is 3. The molecule has 2 fully saturated rings. The van der Waals surface area contributed by atoms with Crippen molar-refractivity contribution < 1.29 is 18.7 Å². The molecule has 8 nitrogen and oxygen atoms in total. The molecule has 1 amide bonds. The minimum absolute atomic E-state index is 0.0267. The lowest BCUT2D eigenvalue weighted by Gasteiger charge is -2.32. The Hall–Kier alpha value is -3.79. The van der Waals surface area contributed by atoms with Crippen molar-refractivity contribution in [2.45, 2.75) is 32.6 Å². The Morgan fingerprint density at radius 3 is 2.40 bits per heavy atom. The number of halogens is 1. The molecule has 2 saturated heterocycles. The number of carbonyl (C=O) groups excluding carboxylic acids is 2. The number of rotatable bonds is 9. The number of allylic oxidation sites excluding steroid dienone is 1. The minimum Gasteiger partial charge on any atom is -0.454 e. The van der Waals surface area contributed by atoms with Gasteiger partial charge in [0, 0.05) is 56.9 Å². The number of likely N-dealkylation sites (tertiary alicyclic amines) is 1. The van der Waals surface area contributed by atoms with Gasteiger partial charge in [0.05, 0.1) is 5.57 Å². The normalized spacial score (nSPS) is 19.1. The predicted octanol–water partition coefficient (Wildman–Crippen LogP) is 5.01. The molecule has 0 radical (unpaired) electrons. The Kier molecular flexibility index (Phi) is 9.78. The van der Waals surface area contributed by atoms with Crippen molar-refractivity contribution in [3.05, 3.63) is 76.6 Å². The zero-order chi connectivity index (χ0) is 31.3. The van der Waals surface area contributed by atoms with Crippen LogP contribution in [0.25, 0.3) is 10.8 Å². The van der Waals surface area contributed by atoms with Gasteiger partial charge < -0.3 is 30.1 Å². The van der Waals surface area contributed by atoms with Crippen molar-refractivity contribution in [2.75, 3.05) is 77.8 Å². The monoisotopic (exact) mass is 613 g/mol. The van der Waals surface area contributed by atoms with Crippen LogP contribution in [0, 0.1) is 12.7 Å². The second-order valence-electron chi connectivity index (χ2n) is 12.5. The first-order chi connectivity index (χ1) is 21.9. The maximum atomic E-state index is 15.9. The van der Waals surface area contributed by atoms with Gasteiger partial charge >= 0.3 is 0 Å². The summed E-state index contributed by atoms with van der Waals surface area (Å²) in [7, 11) is 2.13. The Morgan fingerprint density at radius 2 is 1.64 bits per heavy atom. The van der Waals surface area contributed by atoms with E-state index < -0.39 is 17.5 Å². The molecule has 238 valence electrons. The quantitative estimate of drug-likeness (QED) is 0.260. The number of carbonyl (C=O) groups is 2. The summed E-state index contributed by atoms with van der Waals surface area (Å²) in [6, 6.07) is 13.2. The van der Waals surface area contributed by atoms with E-state index in [1.54, 1.807) is 13.0 Å². The molecule has 0 aliphatic carbocycles. The first-order valence-corrected chi connectivity index (χ1v) is 16.3. The van der Waals surface area contributed by atoms with Crippen LogP contribution in [0.4, 0.5) is 10.1 Å². The highest BCUT2D eigenvalue weighted by Crippen LogP contribution is 2.41. The number of hydrogen-bond acceptors (Lipinski definition) is 7. The fourth-order valence-corrected chi connectivity index (χ4v) is 6.55. The highest BCUT2D eigenvalue weighted by molar-refractivity contribution is 6.26. The molecule has 3 aliphatic rings. The number of nitrogens with one attached hydrogen (secondary N) is 2. The fourth-order valence-electron chi connectivity index (χ4n) is 6.55. The largest absolute Gasteiger partial charge is 0.454 e. The van der Waals surface area contributed by atoms with Gasteiger partial charge in [0.15, 0.2) is 17.3 Å². The molecule has 0 spiro atoms. The van der Waals surface area contributed by atoms with Crippen LogP contribution in [-0.2, 0) is 11.2 Å². The maximum Gasteiger partial charge on any atom is 0.254 e. The van der Waals surface area contributed by atoms with Gasteiger partial charge in [-0.15, -0.1) is 0 Å². The van der Waals surface area contributed by atoms with Gasteiger partial charge in [-0.3, -0.25) is 9.59 Å². The molecule has 3 heterocycles. The molecular formula is C36H44FN5O3. The van der Waals surface area contributed by atoms with Crippen LogP contribution in [0.15, 0.2) is 54.1 Å². The molecule has 9 heteroatoms. The number of likely N-dealkylation sites (N-methyl/N-ethyl adjacent to an activating group) is 1. The van der Waals surface area contributed by atoms with Gasteiger partial charge in [0.2, 0.25) is 0 Å². The van der Waals surface area contributed by atoms with E-state index in [0.717, 1.165) is 75.1 Å². The molecule has 0 aromatic heterocycles. The number of amides is 1. The van der Waals surface area contributed by atoms with Gasteiger partial charge in [-0.2, -0.15) is 0 Å². The van der Waals surface area contributed by atoms with Crippen LogP contribution < -0.4 is 15.4 Å². The van der Waals surface area contributed by atoms with E-state index >= 15 is 4.39 Å². The number of Topliss-reactive ketones (excluding diaryl/α,β-unsaturated/α-hetero) is 1. The van der Waals surface area contributed by atoms with Crippen LogP contribution in [-0.4, -0.2) is 98.9 Å². The second-order valence-corrected chi connectivity index (χ2v) is 12.5. The van der Waals surface area contributed by atoms with E-state index in [1.165, 1.54) is 18.9 Å². The summed E-state index contributed by atoms with van der Waals surface area (Å²) in [6.07, 6.45) is 5.14. The van der Waals surface area contributed by atoms with E-state index in [-0.39, 0.29) is 22.6 Å².